The third-order valence-electron chi connectivity index (χ3n) is 7.39. The molecule has 0 saturated carbocycles. The number of ether oxygens (including phenoxy) is 2. The quantitative estimate of drug-likeness (QED) is 0.175. The number of aliphatic hydroxyl groups excluding tert-OH is 1. The number of carbonyl (C=O) groups is 2. The lowest BCUT2D eigenvalue weighted by Gasteiger charge is -2.29. The summed E-state index contributed by atoms with van der Waals surface area (Å²) in [6, 6.07) is 12.1. The molecule has 1 amide bonds. The first-order chi connectivity index (χ1) is 19.6. The number of nitrogens with zero attached hydrogens (tertiary/aromatic N) is 3. The van der Waals surface area contributed by atoms with Gasteiger partial charge in [-0.25, -0.2) is 12.7 Å². The lowest BCUT2D eigenvalue weighted by molar-refractivity contribution is -0.140. The Morgan fingerprint density at radius 2 is 1.66 bits per heavy atom. The molecule has 2 fully saturated rings. The maximum atomic E-state index is 13.4. The van der Waals surface area contributed by atoms with Gasteiger partial charge in [-0.05, 0) is 54.8 Å². The molecule has 0 aromatic heterocycles. The van der Waals surface area contributed by atoms with Crippen LogP contribution in [0.4, 0.5) is 0 Å². The van der Waals surface area contributed by atoms with E-state index in [0.29, 0.717) is 44.1 Å². The molecule has 0 aliphatic carbocycles. The summed E-state index contributed by atoms with van der Waals surface area (Å²) in [6.45, 7) is 6.75. The summed E-state index contributed by atoms with van der Waals surface area (Å²) in [5.41, 5.74) is 0.898. The number of sulfonamides is 1. The fourth-order valence-corrected chi connectivity index (χ4v) is 5.88. The van der Waals surface area contributed by atoms with Crippen LogP contribution in [-0.2, 0) is 24.3 Å². The summed E-state index contributed by atoms with van der Waals surface area (Å²) in [5.74, 6) is -1.11. The third kappa shape index (κ3) is 6.98. The zero-order chi connectivity index (χ0) is 29.6. The van der Waals surface area contributed by atoms with Gasteiger partial charge in [-0.3, -0.25) is 14.5 Å². The van der Waals surface area contributed by atoms with Crippen LogP contribution in [0.3, 0.4) is 0 Å². The highest BCUT2D eigenvalue weighted by molar-refractivity contribution is 7.89. The molecule has 4 rings (SSSR count). The Morgan fingerprint density at radius 1 is 1.00 bits per heavy atom. The van der Waals surface area contributed by atoms with Crippen LogP contribution in [0.15, 0.2) is 59.0 Å². The van der Waals surface area contributed by atoms with E-state index in [0.717, 1.165) is 36.8 Å². The Kier molecular flexibility index (Phi) is 10.2. The first-order valence-corrected chi connectivity index (χ1v) is 15.4. The molecule has 1 atom stereocenters. The van der Waals surface area contributed by atoms with E-state index in [-0.39, 0.29) is 21.8 Å². The summed E-state index contributed by atoms with van der Waals surface area (Å²) < 4.78 is 37.3. The molecule has 1 unspecified atom stereocenters. The van der Waals surface area contributed by atoms with Crippen LogP contribution in [0.5, 0.6) is 5.75 Å². The third-order valence-corrected chi connectivity index (χ3v) is 9.22. The van der Waals surface area contributed by atoms with Gasteiger partial charge in [0.2, 0.25) is 10.0 Å². The summed E-state index contributed by atoms with van der Waals surface area (Å²) in [7, 11) is -0.801. The van der Waals surface area contributed by atoms with Crippen LogP contribution in [-0.4, -0.2) is 99.4 Å². The van der Waals surface area contributed by atoms with E-state index >= 15 is 0 Å². The normalized spacial score (nSPS) is 19.7. The van der Waals surface area contributed by atoms with Crippen LogP contribution in [0.25, 0.3) is 5.76 Å². The van der Waals surface area contributed by atoms with Crippen molar-refractivity contribution in [3.05, 3.63) is 65.2 Å². The fourth-order valence-electron chi connectivity index (χ4n) is 4.98. The molecule has 0 spiro atoms. The molecule has 2 aliphatic heterocycles. The van der Waals surface area contributed by atoms with Gasteiger partial charge in [-0.1, -0.05) is 25.5 Å². The van der Waals surface area contributed by atoms with Crippen LogP contribution in [0.2, 0.25) is 0 Å². The highest BCUT2D eigenvalue weighted by Gasteiger charge is 2.45. The zero-order valence-electron chi connectivity index (χ0n) is 23.9. The van der Waals surface area contributed by atoms with Gasteiger partial charge in [0.1, 0.15) is 11.5 Å². The molecule has 10 nitrogen and oxygen atoms in total. The molecule has 2 aliphatic rings. The molecular weight excluding hydrogens is 546 g/mol. The van der Waals surface area contributed by atoms with Crippen molar-refractivity contribution in [1.29, 1.82) is 0 Å². The Bertz CT molecular complexity index is 1350. The first-order valence-electron chi connectivity index (χ1n) is 14.0. The van der Waals surface area contributed by atoms with Crippen LogP contribution in [0.1, 0.15) is 43.4 Å². The molecule has 0 radical (unpaired) electrons. The van der Waals surface area contributed by atoms with Crippen LogP contribution < -0.4 is 4.74 Å². The van der Waals surface area contributed by atoms with Crippen LogP contribution in [0, 0.1) is 0 Å². The number of hydrogen-bond acceptors (Lipinski definition) is 8. The highest BCUT2D eigenvalue weighted by atomic mass is 32.2. The van der Waals surface area contributed by atoms with Crippen molar-refractivity contribution in [2.75, 3.05) is 60.1 Å². The molecule has 11 heteroatoms. The number of aliphatic hydroxyl groups is 1. The molecular formula is C30H39N3O7S. The Morgan fingerprint density at radius 3 is 2.27 bits per heavy atom. The van der Waals surface area contributed by atoms with E-state index < -0.39 is 27.8 Å². The monoisotopic (exact) mass is 585 g/mol. The smallest absolute Gasteiger partial charge is 0.295 e. The van der Waals surface area contributed by atoms with Gasteiger partial charge in [-0.15, -0.1) is 0 Å². The second-order valence-electron chi connectivity index (χ2n) is 10.4. The minimum Gasteiger partial charge on any atom is -0.507 e. The lowest BCUT2D eigenvalue weighted by Crippen LogP contribution is -2.38. The van der Waals surface area contributed by atoms with E-state index in [2.05, 4.69) is 11.8 Å². The summed E-state index contributed by atoms with van der Waals surface area (Å²) in [4.78, 5) is 30.5. The van der Waals surface area contributed by atoms with Gasteiger partial charge in [0.25, 0.3) is 11.7 Å². The number of unbranched alkanes of at least 4 members (excludes halogenated alkanes) is 1. The van der Waals surface area contributed by atoms with Gasteiger partial charge < -0.3 is 19.5 Å². The minimum atomic E-state index is -3.67. The van der Waals surface area contributed by atoms with E-state index in [1.807, 2.05) is 12.1 Å². The summed E-state index contributed by atoms with van der Waals surface area (Å²) in [5, 5.41) is 11.4. The van der Waals surface area contributed by atoms with Crippen molar-refractivity contribution >= 4 is 27.5 Å². The van der Waals surface area contributed by atoms with Gasteiger partial charge in [0.05, 0.1) is 36.3 Å². The topological polar surface area (TPSA) is 117 Å². The standard InChI is InChI=1S/C30H39N3O7S/c1-4-5-19-40-24-11-7-22(8-12-24)27-26(28(34)23-9-13-25(14-10-23)41(37,38)31(2)3)29(35)30(36)33(27)16-6-15-32-17-20-39-21-18-32/h7-14,27,34H,4-6,15-21H2,1-3H3/b28-26-. The van der Waals surface area contributed by atoms with E-state index in [9.17, 15) is 23.1 Å². The SMILES string of the molecule is CCCCOc1ccc(C2/C(=C(/O)c3ccc(S(=O)(=O)N(C)C)cc3)C(=O)C(=O)N2CCCN2CCOCC2)cc1. The summed E-state index contributed by atoms with van der Waals surface area (Å²) in [6.07, 6.45) is 2.60. The molecule has 2 aromatic rings. The Hall–Kier alpha value is -3.25. The highest BCUT2D eigenvalue weighted by Crippen LogP contribution is 2.40. The lowest BCUT2D eigenvalue weighted by atomic mass is 9.95. The predicted octanol–water partition coefficient (Wildman–Crippen LogP) is 3.26. The molecule has 1 N–H and O–H groups in total. The minimum absolute atomic E-state index is 0.0239. The largest absolute Gasteiger partial charge is 0.507 e. The van der Waals surface area contributed by atoms with Crippen molar-refractivity contribution in [2.24, 2.45) is 0 Å². The van der Waals surface area contributed by atoms with Gasteiger partial charge in [-0.2, -0.15) is 0 Å². The Balaban J connectivity index is 1.66. The van der Waals surface area contributed by atoms with E-state index in [1.54, 1.807) is 12.1 Å². The molecule has 2 saturated heterocycles. The number of benzene rings is 2. The molecule has 41 heavy (non-hydrogen) atoms. The van der Waals surface area contributed by atoms with Crippen molar-refractivity contribution in [2.45, 2.75) is 37.1 Å². The summed E-state index contributed by atoms with van der Waals surface area (Å²) >= 11 is 0. The predicted molar refractivity (Wildman–Crippen MR) is 155 cm³/mol. The maximum Gasteiger partial charge on any atom is 0.295 e. The fraction of sp³-hybridized carbons (Fsp3) is 0.467. The number of amides is 1. The second kappa shape index (κ2) is 13.6. The van der Waals surface area contributed by atoms with Crippen molar-refractivity contribution in [1.82, 2.24) is 14.1 Å². The van der Waals surface area contributed by atoms with Crippen LogP contribution >= 0.6 is 0 Å². The van der Waals surface area contributed by atoms with Crippen molar-refractivity contribution in [3.63, 3.8) is 0 Å². The van der Waals surface area contributed by atoms with Gasteiger partial charge in [0, 0.05) is 45.8 Å². The second-order valence-corrected chi connectivity index (χ2v) is 12.5. The first kappa shape index (κ1) is 30.7. The molecule has 2 heterocycles. The average Bonchev–Trinajstić information content (AvgIpc) is 3.23. The number of rotatable bonds is 12. The zero-order valence-corrected chi connectivity index (χ0v) is 24.7. The number of ketones is 1. The van der Waals surface area contributed by atoms with E-state index in [4.69, 9.17) is 9.47 Å². The molecule has 222 valence electrons. The number of morpholine rings is 1. The maximum absolute atomic E-state index is 13.4. The molecule has 2 aromatic carbocycles. The number of likely N-dealkylation sites (tertiary alicyclic amines) is 1. The Labute approximate surface area is 242 Å². The average molecular weight is 586 g/mol. The van der Waals surface area contributed by atoms with Crippen molar-refractivity contribution in [3.8, 4) is 5.75 Å². The number of hydrogen-bond donors (Lipinski definition) is 1. The van der Waals surface area contributed by atoms with Gasteiger partial charge >= 0.3 is 0 Å². The number of Topliss-reactive ketones (excluding diaryl/α,β-unsaturated/α-hetero) is 1. The molecule has 0 bridgehead atoms. The number of carbonyl (C=O) groups excluding carboxylic acids is 2. The van der Waals surface area contributed by atoms with Crippen molar-refractivity contribution < 1.29 is 32.6 Å². The van der Waals surface area contributed by atoms with E-state index in [1.165, 1.54) is 43.3 Å². The van der Waals surface area contributed by atoms with Gasteiger partial charge in [0.15, 0.2) is 0 Å².